The van der Waals surface area contributed by atoms with Gasteiger partial charge >= 0.3 is 0 Å². The molecule has 0 saturated heterocycles. The standard InChI is InChI=1S/C53H40N2O2/c1-53(2)44-17-10-16-38(51(44)43-27-35-13-6-7-14-36(35)29-45(43)53)33-22-19-32(20-23-33)21-25-46(55-52(54)34-11-4-3-5-12-34)37-24-26-48-40(28-37)42-31-49-41(30-50(42)57-48)39-15-8-9-18-47(39)56-49/h3-31,46,52,55H,54H2,1-2H3/b25-21+. The van der Waals surface area contributed by atoms with Crippen LogP contribution in [0.25, 0.3) is 83.0 Å². The van der Waals surface area contributed by atoms with Crippen molar-refractivity contribution in [1.29, 1.82) is 0 Å². The number of benzene rings is 8. The minimum atomic E-state index is -0.375. The summed E-state index contributed by atoms with van der Waals surface area (Å²) in [5.74, 6) is 0. The van der Waals surface area contributed by atoms with E-state index in [4.69, 9.17) is 14.6 Å². The van der Waals surface area contributed by atoms with Crippen LogP contribution in [0.4, 0.5) is 0 Å². The minimum Gasteiger partial charge on any atom is -0.456 e. The fourth-order valence-corrected chi connectivity index (χ4v) is 9.11. The van der Waals surface area contributed by atoms with Gasteiger partial charge in [0.1, 0.15) is 22.3 Å². The lowest BCUT2D eigenvalue weighted by molar-refractivity contribution is 0.509. The fraction of sp³-hybridized carbons (Fsp3) is 0.0943. The number of nitrogens with one attached hydrogen (secondary N) is 1. The Morgan fingerprint density at radius 3 is 1.98 bits per heavy atom. The van der Waals surface area contributed by atoms with E-state index in [0.717, 1.165) is 60.6 Å². The summed E-state index contributed by atoms with van der Waals surface area (Å²) in [7, 11) is 0. The lowest BCUT2D eigenvalue weighted by Crippen LogP contribution is -2.31. The first-order chi connectivity index (χ1) is 27.9. The van der Waals surface area contributed by atoms with Crippen molar-refractivity contribution in [3.8, 4) is 22.3 Å². The molecule has 1 aliphatic carbocycles. The van der Waals surface area contributed by atoms with Crippen LogP contribution in [0.1, 0.15) is 53.9 Å². The van der Waals surface area contributed by atoms with Crippen LogP contribution in [0.5, 0.6) is 0 Å². The summed E-state index contributed by atoms with van der Waals surface area (Å²) in [6, 6.07) is 57.9. The molecule has 3 N–H and O–H groups in total. The molecule has 1 aliphatic rings. The average molecular weight is 737 g/mol. The maximum absolute atomic E-state index is 6.82. The Hall–Kier alpha value is -6.72. The number of fused-ring (bicyclic) bond motifs is 10. The van der Waals surface area contributed by atoms with Crippen LogP contribution >= 0.6 is 0 Å². The van der Waals surface area contributed by atoms with Crippen molar-refractivity contribution in [1.82, 2.24) is 5.32 Å². The van der Waals surface area contributed by atoms with Gasteiger partial charge in [0.05, 0.1) is 12.2 Å². The molecule has 2 aromatic heterocycles. The molecule has 2 unspecified atom stereocenters. The van der Waals surface area contributed by atoms with Crippen molar-refractivity contribution in [2.24, 2.45) is 5.73 Å². The predicted octanol–water partition coefficient (Wildman–Crippen LogP) is 13.6. The average Bonchev–Trinajstić information content (AvgIpc) is 3.87. The molecule has 0 saturated carbocycles. The van der Waals surface area contributed by atoms with Crippen LogP contribution in [0.15, 0.2) is 179 Å². The van der Waals surface area contributed by atoms with Crippen molar-refractivity contribution in [2.75, 3.05) is 0 Å². The lowest BCUT2D eigenvalue weighted by atomic mass is 9.81. The number of nitrogens with two attached hydrogens (primary N) is 1. The van der Waals surface area contributed by atoms with E-state index in [9.17, 15) is 0 Å². The lowest BCUT2D eigenvalue weighted by Gasteiger charge is -2.22. The fourth-order valence-electron chi connectivity index (χ4n) is 9.11. The Bertz CT molecular complexity index is 3200. The van der Waals surface area contributed by atoms with Crippen LogP contribution in [0.3, 0.4) is 0 Å². The summed E-state index contributed by atoms with van der Waals surface area (Å²) >= 11 is 0. The molecule has 0 bridgehead atoms. The second-order valence-electron chi connectivity index (χ2n) is 15.9. The van der Waals surface area contributed by atoms with Crippen molar-refractivity contribution in [2.45, 2.75) is 31.5 Å². The van der Waals surface area contributed by atoms with E-state index in [1.165, 1.54) is 44.2 Å². The van der Waals surface area contributed by atoms with Crippen molar-refractivity contribution >= 4 is 60.7 Å². The van der Waals surface area contributed by atoms with Crippen molar-refractivity contribution in [3.05, 3.63) is 198 Å². The molecule has 0 spiro atoms. The quantitative estimate of drug-likeness (QED) is 0.160. The molecule has 2 atom stereocenters. The van der Waals surface area contributed by atoms with E-state index < -0.39 is 0 Å². The molecular weight excluding hydrogens is 697 g/mol. The van der Waals surface area contributed by atoms with Crippen LogP contribution < -0.4 is 11.1 Å². The smallest absolute Gasteiger partial charge is 0.136 e. The molecule has 274 valence electrons. The highest BCUT2D eigenvalue weighted by molar-refractivity contribution is 6.14. The van der Waals surface area contributed by atoms with Gasteiger partial charge in [-0.2, -0.15) is 0 Å². The Morgan fingerprint density at radius 1 is 0.526 bits per heavy atom. The van der Waals surface area contributed by atoms with Crippen LogP contribution in [0, 0.1) is 0 Å². The second-order valence-corrected chi connectivity index (χ2v) is 15.9. The van der Waals surface area contributed by atoms with Gasteiger partial charge in [-0.1, -0.05) is 147 Å². The highest BCUT2D eigenvalue weighted by Crippen LogP contribution is 2.53. The monoisotopic (exact) mass is 736 g/mol. The third-order valence-corrected chi connectivity index (χ3v) is 12.1. The van der Waals surface area contributed by atoms with Gasteiger partial charge in [0.25, 0.3) is 0 Å². The van der Waals surface area contributed by atoms with Gasteiger partial charge < -0.3 is 14.6 Å². The Labute approximate surface area is 330 Å². The summed E-state index contributed by atoms with van der Waals surface area (Å²) in [6.07, 6.45) is 4.02. The minimum absolute atomic E-state index is 0.0819. The number of hydrogen-bond acceptors (Lipinski definition) is 4. The van der Waals surface area contributed by atoms with Gasteiger partial charge in [-0.15, -0.1) is 0 Å². The second kappa shape index (κ2) is 12.9. The van der Waals surface area contributed by atoms with E-state index >= 15 is 0 Å². The van der Waals surface area contributed by atoms with E-state index in [-0.39, 0.29) is 17.6 Å². The van der Waals surface area contributed by atoms with Crippen LogP contribution in [-0.4, -0.2) is 0 Å². The first-order valence-electron chi connectivity index (χ1n) is 19.7. The SMILES string of the molecule is CC1(C)c2cc3ccccc3cc2-c2c(-c3ccc(/C=C/C(NC(N)c4ccccc4)c4ccc5oc6cc7c(cc6c5c4)oc4ccccc47)cc3)cccc21. The highest BCUT2D eigenvalue weighted by atomic mass is 16.3. The van der Waals surface area contributed by atoms with Gasteiger partial charge in [0.15, 0.2) is 0 Å². The summed E-state index contributed by atoms with van der Waals surface area (Å²) < 4.78 is 12.7. The van der Waals surface area contributed by atoms with E-state index in [2.05, 4.69) is 159 Å². The van der Waals surface area contributed by atoms with Crippen molar-refractivity contribution < 1.29 is 8.83 Å². The zero-order chi connectivity index (χ0) is 38.3. The van der Waals surface area contributed by atoms with Gasteiger partial charge in [-0.05, 0) is 103 Å². The Kier molecular flexibility index (Phi) is 7.62. The predicted molar refractivity (Wildman–Crippen MR) is 236 cm³/mol. The molecule has 0 fully saturated rings. The Morgan fingerprint density at radius 2 is 1.19 bits per heavy atom. The largest absolute Gasteiger partial charge is 0.456 e. The van der Waals surface area contributed by atoms with Crippen LogP contribution in [-0.2, 0) is 5.41 Å². The molecule has 11 rings (SSSR count). The molecule has 8 aromatic carbocycles. The summed E-state index contributed by atoms with van der Waals surface area (Å²) in [5, 5.41) is 10.5. The number of para-hydroxylation sites is 1. The molecule has 0 aliphatic heterocycles. The molecule has 4 heteroatoms. The number of hydrogen-bond donors (Lipinski definition) is 2. The van der Waals surface area contributed by atoms with Gasteiger partial charge in [0, 0.05) is 27.0 Å². The zero-order valence-electron chi connectivity index (χ0n) is 31.8. The maximum atomic E-state index is 6.82. The third kappa shape index (κ3) is 5.52. The summed E-state index contributed by atoms with van der Waals surface area (Å²) in [4.78, 5) is 0. The molecular formula is C53H40N2O2. The van der Waals surface area contributed by atoms with Crippen molar-refractivity contribution in [3.63, 3.8) is 0 Å². The molecule has 0 radical (unpaired) electrons. The highest BCUT2D eigenvalue weighted by Gasteiger charge is 2.37. The number of rotatable bonds is 7. The molecule has 10 aromatic rings. The molecule has 2 heterocycles. The normalized spacial score (nSPS) is 14.6. The van der Waals surface area contributed by atoms with E-state index in [1.54, 1.807) is 0 Å². The topological polar surface area (TPSA) is 64.3 Å². The van der Waals surface area contributed by atoms with E-state index in [0.29, 0.717) is 0 Å². The Balaban J connectivity index is 0.956. The molecule has 0 amide bonds. The van der Waals surface area contributed by atoms with Gasteiger partial charge in [-0.3, -0.25) is 5.32 Å². The first-order valence-corrected chi connectivity index (χ1v) is 19.7. The third-order valence-electron chi connectivity index (χ3n) is 12.1. The maximum Gasteiger partial charge on any atom is 0.136 e. The number of furan rings is 2. The first kappa shape index (κ1) is 33.6. The van der Waals surface area contributed by atoms with Gasteiger partial charge in [0.2, 0.25) is 0 Å². The van der Waals surface area contributed by atoms with E-state index in [1.807, 2.05) is 36.4 Å². The zero-order valence-corrected chi connectivity index (χ0v) is 31.8. The van der Waals surface area contributed by atoms with Gasteiger partial charge in [-0.25, -0.2) is 0 Å². The summed E-state index contributed by atoms with van der Waals surface area (Å²) in [6.45, 7) is 4.70. The molecule has 4 nitrogen and oxygen atoms in total. The molecule has 57 heavy (non-hydrogen) atoms. The summed E-state index contributed by atoms with van der Waals surface area (Å²) in [5.41, 5.74) is 21.3. The van der Waals surface area contributed by atoms with Crippen LogP contribution in [0.2, 0.25) is 0 Å².